The number of hydrogen-bond donors (Lipinski definition) is 0. The lowest BCUT2D eigenvalue weighted by molar-refractivity contribution is -0.142. The van der Waals surface area contributed by atoms with Crippen LogP contribution in [0, 0.1) is 0 Å². The molecule has 9 heteroatoms. The summed E-state index contributed by atoms with van der Waals surface area (Å²) in [5.41, 5.74) is 1.66. The van der Waals surface area contributed by atoms with Crippen molar-refractivity contribution >= 4 is 50.6 Å². The van der Waals surface area contributed by atoms with Gasteiger partial charge in [-0.1, -0.05) is 54.1 Å². The maximum Gasteiger partial charge on any atom is 0.343 e. The second-order valence-corrected chi connectivity index (χ2v) is 8.12. The molecule has 0 N–H and O–H groups in total. The quantitative estimate of drug-likeness (QED) is 0.263. The summed E-state index contributed by atoms with van der Waals surface area (Å²) >= 11 is 9.72. The van der Waals surface area contributed by atoms with Crippen LogP contribution in [-0.2, 0) is 9.53 Å². The maximum atomic E-state index is 13.2. The molecule has 0 fully saturated rings. The molecule has 0 unspecified atom stereocenters. The zero-order valence-corrected chi connectivity index (χ0v) is 19.7. The van der Waals surface area contributed by atoms with Crippen LogP contribution in [0.2, 0.25) is 5.02 Å². The van der Waals surface area contributed by atoms with E-state index in [0.717, 1.165) is 5.56 Å². The van der Waals surface area contributed by atoms with Gasteiger partial charge in [-0.05, 0) is 45.8 Å². The number of esters is 1. The Hall–Kier alpha value is -3.49. The number of rotatable bonds is 6. The fourth-order valence-electron chi connectivity index (χ4n) is 3.11. The Kier molecular flexibility index (Phi) is 6.86. The molecule has 33 heavy (non-hydrogen) atoms. The van der Waals surface area contributed by atoms with E-state index in [1.807, 2.05) is 36.4 Å². The number of para-hydroxylation sites is 1. The van der Waals surface area contributed by atoms with Crippen molar-refractivity contribution < 1.29 is 14.3 Å². The second kappa shape index (κ2) is 9.97. The van der Waals surface area contributed by atoms with Gasteiger partial charge in [0, 0.05) is 5.56 Å². The molecule has 4 aromatic rings. The van der Waals surface area contributed by atoms with Crippen LogP contribution >= 0.6 is 27.5 Å². The molecule has 0 saturated carbocycles. The lowest BCUT2D eigenvalue weighted by atomic mass is 10.2. The molecule has 0 bridgehead atoms. The van der Waals surface area contributed by atoms with Crippen molar-refractivity contribution in [3.05, 3.63) is 92.1 Å². The third kappa shape index (κ3) is 4.97. The minimum Gasteiger partial charge on any atom is -0.479 e. The average Bonchev–Trinajstić information content (AvgIpc) is 2.83. The van der Waals surface area contributed by atoms with Gasteiger partial charge in [0.25, 0.3) is 5.56 Å². The summed E-state index contributed by atoms with van der Waals surface area (Å²) < 4.78 is 11.8. The van der Waals surface area contributed by atoms with Gasteiger partial charge in [-0.15, -0.1) is 0 Å². The normalized spacial score (nSPS) is 11.1. The number of benzene rings is 3. The molecule has 0 amide bonds. The monoisotopic (exact) mass is 525 g/mol. The van der Waals surface area contributed by atoms with Gasteiger partial charge in [0.15, 0.2) is 18.2 Å². The van der Waals surface area contributed by atoms with E-state index in [1.165, 1.54) is 18.0 Å². The highest BCUT2D eigenvalue weighted by atomic mass is 79.9. The first-order chi connectivity index (χ1) is 16.0. The molecule has 3 aromatic carbocycles. The minimum atomic E-state index is -0.528. The Morgan fingerprint density at radius 1 is 1.15 bits per heavy atom. The van der Waals surface area contributed by atoms with Gasteiger partial charge >= 0.3 is 5.97 Å². The third-order valence-electron chi connectivity index (χ3n) is 4.69. The van der Waals surface area contributed by atoms with Crippen molar-refractivity contribution in [1.82, 2.24) is 9.66 Å². The van der Waals surface area contributed by atoms with Crippen LogP contribution in [-0.4, -0.2) is 35.6 Å². The van der Waals surface area contributed by atoms with Crippen molar-refractivity contribution in [1.29, 1.82) is 0 Å². The second-order valence-electron chi connectivity index (χ2n) is 6.86. The summed E-state index contributed by atoms with van der Waals surface area (Å²) in [5, 5.41) is 5.15. The number of hydrogen-bond acceptors (Lipinski definition) is 6. The molecule has 1 aromatic heterocycles. The summed E-state index contributed by atoms with van der Waals surface area (Å²) in [4.78, 5) is 29.2. The molecule has 0 aliphatic heterocycles. The first-order valence-corrected chi connectivity index (χ1v) is 10.9. The van der Waals surface area contributed by atoms with Gasteiger partial charge in [-0.2, -0.15) is 9.78 Å². The molecule has 0 atom stereocenters. The van der Waals surface area contributed by atoms with Gasteiger partial charge < -0.3 is 9.47 Å². The number of halogens is 2. The number of carbonyl (C=O) groups excluding carboxylic acids is 1. The molecule has 0 saturated heterocycles. The Bertz CT molecular complexity index is 1400. The zero-order chi connectivity index (χ0) is 23.4. The molecule has 0 spiro atoms. The summed E-state index contributed by atoms with van der Waals surface area (Å²) in [6.45, 7) is -0.277. The summed E-state index contributed by atoms with van der Waals surface area (Å²) in [5.74, 6) is 0.188. The fraction of sp³-hybridized carbons (Fsp3) is 0.0833. The molecule has 0 aliphatic rings. The maximum absolute atomic E-state index is 13.2. The Balaban J connectivity index is 1.76. The Morgan fingerprint density at radius 3 is 2.61 bits per heavy atom. The number of carbonyl (C=O) groups is 1. The molecule has 7 nitrogen and oxygen atoms in total. The number of nitrogens with zero attached hydrogens (tertiary/aromatic N) is 3. The SMILES string of the molecule is COC(=O)COc1c(Cl)cc(C=Nn2c(-c3ccccc3)nc3ccccc3c2=O)cc1Br. The number of ether oxygens (including phenoxy) is 2. The van der Waals surface area contributed by atoms with Crippen LogP contribution in [0.15, 0.2) is 81.1 Å². The van der Waals surface area contributed by atoms with E-state index >= 15 is 0 Å². The Morgan fingerprint density at radius 2 is 1.88 bits per heavy atom. The van der Waals surface area contributed by atoms with Crippen molar-refractivity contribution in [2.45, 2.75) is 0 Å². The number of methoxy groups -OCH3 is 1. The highest BCUT2D eigenvalue weighted by Gasteiger charge is 2.14. The average molecular weight is 527 g/mol. The van der Waals surface area contributed by atoms with Crippen molar-refractivity contribution in [2.75, 3.05) is 13.7 Å². The fourth-order valence-corrected chi connectivity index (χ4v) is 4.10. The predicted molar refractivity (Wildman–Crippen MR) is 131 cm³/mol. The van der Waals surface area contributed by atoms with Crippen molar-refractivity contribution in [2.24, 2.45) is 5.10 Å². The first-order valence-electron chi connectivity index (χ1n) is 9.78. The molecule has 4 rings (SSSR count). The zero-order valence-electron chi connectivity index (χ0n) is 17.4. The van der Waals surface area contributed by atoms with E-state index in [-0.39, 0.29) is 17.2 Å². The smallest absolute Gasteiger partial charge is 0.343 e. The van der Waals surface area contributed by atoms with Crippen LogP contribution in [0.5, 0.6) is 5.75 Å². The predicted octanol–water partition coefficient (Wildman–Crippen LogP) is 4.91. The lowest BCUT2D eigenvalue weighted by Crippen LogP contribution is -2.20. The van der Waals surface area contributed by atoms with Gasteiger partial charge in [-0.3, -0.25) is 4.79 Å². The van der Waals surface area contributed by atoms with Crippen molar-refractivity contribution in [3.8, 4) is 17.1 Å². The molecule has 0 radical (unpaired) electrons. The van der Waals surface area contributed by atoms with Crippen LogP contribution in [0.1, 0.15) is 5.56 Å². The van der Waals surface area contributed by atoms with Crippen molar-refractivity contribution in [3.63, 3.8) is 0 Å². The lowest BCUT2D eigenvalue weighted by Gasteiger charge is -2.11. The van der Waals surface area contributed by atoms with Crippen LogP contribution in [0.4, 0.5) is 0 Å². The summed E-state index contributed by atoms with van der Waals surface area (Å²) in [7, 11) is 1.27. The van der Waals surface area contributed by atoms with Gasteiger partial charge in [0.05, 0.1) is 33.7 Å². The minimum absolute atomic E-state index is 0.266. The van der Waals surface area contributed by atoms with Crippen LogP contribution < -0.4 is 10.3 Å². The van der Waals surface area contributed by atoms with E-state index in [4.69, 9.17) is 16.3 Å². The van der Waals surface area contributed by atoms with E-state index in [0.29, 0.717) is 32.5 Å². The molecular weight excluding hydrogens is 510 g/mol. The number of aromatic nitrogens is 2. The number of fused-ring (bicyclic) bond motifs is 1. The largest absolute Gasteiger partial charge is 0.479 e. The summed E-state index contributed by atoms with van der Waals surface area (Å²) in [6, 6.07) is 19.8. The van der Waals surface area contributed by atoms with E-state index in [9.17, 15) is 9.59 Å². The van der Waals surface area contributed by atoms with E-state index in [1.54, 1.807) is 30.3 Å². The van der Waals surface area contributed by atoms with Crippen LogP contribution in [0.3, 0.4) is 0 Å². The van der Waals surface area contributed by atoms with E-state index < -0.39 is 5.97 Å². The van der Waals surface area contributed by atoms with Gasteiger partial charge in [0.2, 0.25) is 0 Å². The third-order valence-corrected chi connectivity index (χ3v) is 5.56. The van der Waals surface area contributed by atoms with Gasteiger partial charge in [-0.25, -0.2) is 9.78 Å². The van der Waals surface area contributed by atoms with Crippen LogP contribution in [0.25, 0.3) is 22.3 Å². The van der Waals surface area contributed by atoms with Gasteiger partial charge in [0.1, 0.15) is 0 Å². The standard InChI is InChI=1S/C24H17BrClN3O4/c1-32-21(30)14-33-22-18(25)11-15(12-19(22)26)13-27-29-23(16-7-3-2-4-8-16)28-20-10-6-5-9-17(20)24(29)31/h2-13H,14H2,1H3. The molecule has 166 valence electrons. The topological polar surface area (TPSA) is 82.8 Å². The highest BCUT2D eigenvalue weighted by Crippen LogP contribution is 2.34. The van der Waals surface area contributed by atoms with E-state index in [2.05, 4.69) is 30.8 Å². The summed E-state index contributed by atoms with van der Waals surface area (Å²) in [6.07, 6.45) is 1.50. The molecule has 1 heterocycles. The highest BCUT2D eigenvalue weighted by molar-refractivity contribution is 9.10. The molecule has 0 aliphatic carbocycles. The molecular formula is C24H17BrClN3O4. The first kappa shape index (κ1) is 22.7. The Labute approximate surface area is 202 Å².